The number of likely N-dealkylation sites (tertiary alicyclic amines) is 1. The van der Waals surface area contributed by atoms with Gasteiger partial charge in [0.2, 0.25) is 0 Å². The van der Waals surface area contributed by atoms with Gasteiger partial charge in [0.25, 0.3) is 0 Å². The number of esters is 1. The molecule has 0 N–H and O–H groups in total. The first-order chi connectivity index (χ1) is 10.8. The monoisotopic (exact) mass is 317 g/mol. The maximum atomic E-state index is 11.9. The Labute approximate surface area is 138 Å². The Bertz CT molecular complexity index is 566. The molecule has 1 aromatic rings. The van der Waals surface area contributed by atoms with E-state index < -0.39 is 5.60 Å². The first-order valence-electron chi connectivity index (χ1n) is 8.28. The Balaban J connectivity index is 1.93. The van der Waals surface area contributed by atoms with Gasteiger partial charge in [-0.3, -0.25) is 14.5 Å². The van der Waals surface area contributed by atoms with Crippen molar-refractivity contribution in [2.45, 2.75) is 52.1 Å². The number of piperidine rings is 1. The van der Waals surface area contributed by atoms with Gasteiger partial charge < -0.3 is 4.74 Å². The van der Waals surface area contributed by atoms with Crippen molar-refractivity contribution in [1.82, 2.24) is 4.90 Å². The third-order valence-corrected chi connectivity index (χ3v) is 4.17. The number of nitrogens with zero attached hydrogens (tertiary/aromatic N) is 1. The van der Waals surface area contributed by atoms with Crippen molar-refractivity contribution in [2.24, 2.45) is 0 Å². The molecule has 1 aliphatic rings. The van der Waals surface area contributed by atoms with Gasteiger partial charge >= 0.3 is 5.97 Å². The van der Waals surface area contributed by atoms with E-state index in [-0.39, 0.29) is 5.97 Å². The maximum absolute atomic E-state index is 11.9. The molecule has 1 aliphatic heterocycles. The second-order valence-corrected chi connectivity index (χ2v) is 7.39. The van der Waals surface area contributed by atoms with Crippen molar-refractivity contribution >= 4 is 12.3 Å². The quantitative estimate of drug-likeness (QED) is 0.631. The average molecular weight is 317 g/mol. The number of rotatable bonds is 4. The third kappa shape index (κ3) is 5.17. The van der Waals surface area contributed by atoms with Crippen LogP contribution in [0.5, 0.6) is 0 Å². The Hall–Kier alpha value is -1.68. The van der Waals surface area contributed by atoms with Crippen molar-refractivity contribution in [3.8, 4) is 0 Å². The lowest BCUT2D eigenvalue weighted by Gasteiger charge is -2.32. The zero-order valence-electron chi connectivity index (χ0n) is 14.6. The summed E-state index contributed by atoms with van der Waals surface area (Å²) in [6.45, 7) is 9.77. The van der Waals surface area contributed by atoms with Crippen molar-refractivity contribution in [3.63, 3.8) is 0 Å². The number of aldehydes is 1. The summed E-state index contributed by atoms with van der Waals surface area (Å²) in [6.07, 6.45) is 2.88. The molecule has 0 spiro atoms. The summed E-state index contributed by atoms with van der Waals surface area (Å²) in [7, 11) is 0. The predicted octanol–water partition coefficient (Wildman–Crippen LogP) is 3.33. The highest BCUT2D eigenvalue weighted by Gasteiger charge is 2.25. The van der Waals surface area contributed by atoms with E-state index in [0.717, 1.165) is 43.3 Å². The molecule has 1 aromatic carbocycles. The molecule has 1 fully saturated rings. The highest BCUT2D eigenvalue weighted by atomic mass is 16.6. The molecule has 0 bridgehead atoms. The van der Waals surface area contributed by atoms with Gasteiger partial charge in [0, 0.05) is 5.56 Å². The van der Waals surface area contributed by atoms with E-state index in [1.165, 1.54) is 5.56 Å². The van der Waals surface area contributed by atoms with E-state index in [1.807, 2.05) is 32.9 Å². The third-order valence-electron chi connectivity index (χ3n) is 4.17. The molecule has 126 valence electrons. The summed E-state index contributed by atoms with van der Waals surface area (Å²) in [5, 5.41) is 0. The molecule has 0 aliphatic carbocycles. The van der Waals surface area contributed by atoms with Crippen LogP contribution in [0.15, 0.2) is 18.2 Å². The molecule has 23 heavy (non-hydrogen) atoms. The first kappa shape index (κ1) is 17.7. The Morgan fingerprint density at radius 2 is 1.96 bits per heavy atom. The van der Waals surface area contributed by atoms with Crippen LogP contribution >= 0.6 is 0 Å². The van der Waals surface area contributed by atoms with Crippen LogP contribution in [0.1, 0.15) is 61.0 Å². The summed E-state index contributed by atoms with van der Waals surface area (Å²) in [5.41, 5.74) is 2.69. The van der Waals surface area contributed by atoms with E-state index in [2.05, 4.69) is 17.9 Å². The van der Waals surface area contributed by atoms with E-state index >= 15 is 0 Å². The van der Waals surface area contributed by atoms with Crippen molar-refractivity contribution < 1.29 is 14.3 Å². The lowest BCUT2D eigenvalue weighted by atomic mass is 9.86. The van der Waals surface area contributed by atoms with Gasteiger partial charge in [0.05, 0.1) is 6.54 Å². The van der Waals surface area contributed by atoms with Gasteiger partial charge in [-0.05, 0) is 65.1 Å². The van der Waals surface area contributed by atoms with Crippen LogP contribution in [0, 0.1) is 6.92 Å². The second-order valence-electron chi connectivity index (χ2n) is 7.39. The molecule has 0 unspecified atom stereocenters. The van der Waals surface area contributed by atoms with Crippen molar-refractivity contribution in [3.05, 3.63) is 34.9 Å². The highest BCUT2D eigenvalue weighted by Crippen LogP contribution is 2.30. The number of ether oxygens (including phenoxy) is 1. The zero-order valence-corrected chi connectivity index (χ0v) is 14.6. The molecular formula is C19H27NO3. The second kappa shape index (κ2) is 7.26. The van der Waals surface area contributed by atoms with Crippen LogP contribution in [-0.4, -0.2) is 42.4 Å². The SMILES string of the molecule is Cc1ccc(C=O)c(C2CCN(CC(=O)OC(C)(C)C)CC2)c1. The van der Waals surface area contributed by atoms with Crippen LogP contribution in [0.3, 0.4) is 0 Å². The molecular weight excluding hydrogens is 290 g/mol. The molecule has 1 saturated heterocycles. The summed E-state index contributed by atoms with van der Waals surface area (Å²) < 4.78 is 5.38. The smallest absolute Gasteiger partial charge is 0.320 e. The lowest BCUT2D eigenvalue weighted by Crippen LogP contribution is -2.39. The van der Waals surface area contributed by atoms with Crippen LogP contribution in [0.2, 0.25) is 0 Å². The van der Waals surface area contributed by atoms with Crippen LogP contribution in [0.25, 0.3) is 0 Å². The van der Waals surface area contributed by atoms with E-state index in [1.54, 1.807) is 0 Å². The van der Waals surface area contributed by atoms with E-state index in [9.17, 15) is 9.59 Å². The van der Waals surface area contributed by atoms with Gasteiger partial charge in [-0.1, -0.05) is 23.8 Å². The van der Waals surface area contributed by atoms with Gasteiger partial charge in [0.1, 0.15) is 11.9 Å². The summed E-state index contributed by atoms with van der Waals surface area (Å²) in [6, 6.07) is 6.01. The molecule has 1 heterocycles. The number of aryl methyl sites for hydroxylation is 1. The van der Waals surface area contributed by atoms with Gasteiger partial charge in [-0.2, -0.15) is 0 Å². The molecule has 0 saturated carbocycles. The predicted molar refractivity (Wildman–Crippen MR) is 90.8 cm³/mol. The number of hydrogen-bond acceptors (Lipinski definition) is 4. The normalized spacial score (nSPS) is 17.0. The Morgan fingerprint density at radius 1 is 1.30 bits per heavy atom. The minimum Gasteiger partial charge on any atom is -0.459 e. The number of carbonyl (C=O) groups is 2. The fourth-order valence-electron chi connectivity index (χ4n) is 3.11. The van der Waals surface area contributed by atoms with Gasteiger partial charge in [0.15, 0.2) is 0 Å². The van der Waals surface area contributed by atoms with Crippen molar-refractivity contribution in [2.75, 3.05) is 19.6 Å². The number of carbonyl (C=O) groups excluding carboxylic acids is 2. The van der Waals surface area contributed by atoms with Gasteiger partial charge in [-0.15, -0.1) is 0 Å². The largest absolute Gasteiger partial charge is 0.459 e. The fraction of sp³-hybridized carbons (Fsp3) is 0.579. The Morgan fingerprint density at radius 3 is 2.52 bits per heavy atom. The molecule has 0 aromatic heterocycles. The minimum atomic E-state index is -0.435. The topological polar surface area (TPSA) is 46.6 Å². The maximum Gasteiger partial charge on any atom is 0.320 e. The molecule has 0 amide bonds. The van der Waals surface area contributed by atoms with E-state index in [4.69, 9.17) is 4.74 Å². The average Bonchev–Trinajstić information content (AvgIpc) is 2.46. The molecule has 0 atom stereocenters. The summed E-state index contributed by atoms with van der Waals surface area (Å²) in [4.78, 5) is 25.3. The molecule has 2 rings (SSSR count). The fourth-order valence-corrected chi connectivity index (χ4v) is 3.11. The zero-order chi connectivity index (χ0) is 17.0. The first-order valence-corrected chi connectivity index (χ1v) is 8.28. The van der Waals surface area contributed by atoms with Crippen LogP contribution in [-0.2, 0) is 9.53 Å². The highest BCUT2D eigenvalue weighted by molar-refractivity contribution is 5.77. The van der Waals surface area contributed by atoms with E-state index in [0.29, 0.717) is 12.5 Å². The van der Waals surface area contributed by atoms with Crippen molar-refractivity contribution in [1.29, 1.82) is 0 Å². The van der Waals surface area contributed by atoms with Crippen LogP contribution in [0.4, 0.5) is 0 Å². The molecule has 4 nitrogen and oxygen atoms in total. The lowest BCUT2D eigenvalue weighted by molar-refractivity contribution is -0.156. The molecule has 4 heteroatoms. The Kier molecular flexibility index (Phi) is 5.58. The minimum absolute atomic E-state index is 0.167. The summed E-state index contributed by atoms with van der Waals surface area (Å²) in [5.74, 6) is 0.227. The summed E-state index contributed by atoms with van der Waals surface area (Å²) >= 11 is 0. The number of benzene rings is 1. The standard InChI is InChI=1S/C19H27NO3/c1-14-5-6-16(13-21)17(11-14)15-7-9-20(10-8-15)12-18(22)23-19(2,3)4/h5-6,11,13,15H,7-10,12H2,1-4H3. The number of hydrogen-bond donors (Lipinski definition) is 0. The van der Waals surface area contributed by atoms with Gasteiger partial charge in [-0.25, -0.2) is 0 Å². The van der Waals surface area contributed by atoms with Crippen LogP contribution < -0.4 is 0 Å². The molecule has 0 radical (unpaired) electrons.